The first-order valence-corrected chi connectivity index (χ1v) is 4.57. The molecule has 14 heavy (non-hydrogen) atoms. The summed E-state index contributed by atoms with van der Waals surface area (Å²) in [5, 5.41) is 0. The van der Waals surface area contributed by atoms with Gasteiger partial charge in [-0.15, -0.1) is 0 Å². The molecule has 1 aliphatic rings. The zero-order valence-corrected chi connectivity index (χ0v) is 7.81. The fraction of sp³-hybridized carbons (Fsp3) is 0.300. The Labute approximate surface area is 82.5 Å². The van der Waals surface area contributed by atoms with Crippen LogP contribution in [0.1, 0.15) is 10.4 Å². The van der Waals surface area contributed by atoms with Gasteiger partial charge in [-0.1, -0.05) is 0 Å². The van der Waals surface area contributed by atoms with Gasteiger partial charge in [0, 0.05) is 30.4 Å². The highest BCUT2D eigenvalue weighted by Crippen LogP contribution is 2.20. The quantitative estimate of drug-likeness (QED) is 0.687. The van der Waals surface area contributed by atoms with Crippen LogP contribution in [-0.4, -0.2) is 25.0 Å². The fourth-order valence-electron chi connectivity index (χ4n) is 1.56. The first-order valence-electron chi connectivity index (χ1n) is 4.57. The van der Waals surface area contributed by atoms with E-state index in [1.807, 2.05) is 12.1 Å². The van der Waals surface area contributed by atoms with Crippen LogP contribution < -0.4 is 16.4 Å². The summed E-state index contributed by atoms with van der Waals surface area (Å²) in [5.41, 5.74) is 12.4. The normalized spacial score (nSPS) is 16.5. The number of carbonyl (C=O) groups excluding carboxylic acids is 1. The molecule has 0 bridgehead atoms. The summed E-state index contributed by atoms with van der Waals surface area (Å²) in [6, 6.07) is 7.55. The second-order valence-electron chi connectivity index (χ2n) is 3.58. The lowest BCUT2D eigenvalue weighted by Gasteiger charge is -2.38. The molecule has 4 N–H and O–H groups in total. The summed E-state index contributed by atoms with van der Waals surface area (Å²) in [6.07, 6.45) is 0. The third kappa shape index (κ3) is 1.56. The van der Waals surface area contributed by atoms with Gasteiger partial charge in [0.25, 0.3) is 0 Å². The van der Waals surface area contributed by atoms with Crippen molar-refractivity contribution in [1.29, 1.82) is 0 Å². The maximum Gasteiger partial charge on any atom is 0.248 e. The van der Waals surface area contributed by atoms with Gasteiger partial charge in [0.15, 0.2) is 0 Å². The summed E-state index contributed by atoms with van der Waals surface area (Å²) in [7, 11) is 0. The number of benzene rings is 1. The molecule has 1 amide bonds. The zero-order valence-electron chi connectivity index (χ0n) is 7.81. The van der Waals surface area contributed by atoms with E-state index in [2.05, 4.69) is 4.90 Å². The van der Waals surface area contributed by atoms with Gasteiger partial charge in [-0.05, 0) is 24.3 Å². The molecule has 0 aromatic heterocycles. The van der Waals surface area contributed by atoms with E-state index >= 15 is 0 Å². The van der Waals surface area contributed by atoms with Crippen molar-refractivity contribution in [2.75, 3.05) is 18.0 Å². The van der Waals surface area contributed by atoms with Crippen molar-refractivity contribution in [3.05, 3.63) is 29.8 Å². The van der Waals surface area contributed by atoms with Crippen molar-refractivity contribution in [2.45, 2.75) is 6.04 Å². The summed E-state index contributed by atoms with van der Waals surface area (Å²) >= 11 is 0. The molecular formula is C10H13N3O. The molecule has 4 nitrogen and oxygen atoms in total. The van der Waals surface area contributed by atoms with Crippen molar-refractivity contribution in [1.82, 2.24) is 0 Å². The molecule has 1 aromatic rings. The van der Waals surface area contributed by atoms with Crippen LogP contribution in [0.2, 0.25) is 0 Å². The van der Waals surface area contributed by atoms with E-state index in [0.29, 0.717) is 5.56 Å². The summed E-state index contributed by atoms with van der Waals surface area (Å²) < 4.78 is 0. The number of rotatable bonds is 2. The molecule has 2 rings (SSSR count). The molecule has 0 spiro atoms. The average molecular weight is 191 g/mol. The molecule has 0 radical (unpaired) electrons. The Bertz CT molecular complexity index is 341. The lowest BCUT2D eigenvalue weighted by Crippen LogP contribution is -2.55. The largest absolute Gasteiger partial charge is 0.368 e. The van der Waals surface area contributed by atoms with Gasteiger partial charge < -0.3 is 16.4 Å². The van der Waals surface area contributed by atoms with E-state index in [1.165, 1.54) is 0 Å². The molecule has 1 aromatic carbocycles. The third-order valence-corrected chi connectivity index (χ3v) is 2.43. The van der Waals surface area contributed by atoms with Crippen molar-refractivity contribution < 1.29 is 4.79 Å². The Kier molecular flexibility index (Phi) is 2.13. The number of primary amides is 1. The SMILES string of the molecule is NC(=O)c1ccc(N2CC(N)C2)cc1. The van der Waals surface area contributed by atoms with Gasteiger partial charge >= 0.3 is 0 Å². The van der Waals surface area contributed by atoms with E-state index in [4.69, 9.17) is 11.5 Å². The van der Waals surface area contributed by atoms with Crippen LogP contribution >= 0.6 is 0 Å². The summed E-state index contributed by atoms with van der Waals surface area (Å²) in [4.78, 5) is 13.0. The zero-order chi connectivity index (χ0) is 10.1. The molecule has 0 unspecified atom stereocenters. The Morgan fingerprint density at radius 3 is 2.29 bits per heavy atom. The average Bonchev–Trinajstić information content (AvgIpc) is 2.13. The van der Waals surface area contributed by atoms with E-state index < -0.39 is 5.91 Å². The summed E-state index contributed by atoms with van der Waals surface area (Å²) in [6.45, 7) is 1.77. The molecule has 0 saturated carbocycles. The number of amides is 1. The standard InChI is InChI=1S/C10H13N3O/c11-8-5-13(6-8)9-3-1-7(2-4-9)10(12)14/h1-4,8H,5-6,11H2,(H2,12,14). The van der Waals surface area contributed by atoms with Crippen molar-refractivity contribution in [3.63, 3.8) is 0 Å². The molecule has 4 heteroatoms. The predicted molar refractivity (Wildman–Crippen MR) is 55.1 cm³/mol. The number of anilines is 1. The summed E-state index contributed by atoms with van der Waals surface area (Å²) in [5.74, 6) is -0.392. The first kappa shape index (κ1) is 9.02. The van der Waals surface area contributed by atoms with Gasteiger partial charge in [0.2, 0.25) is 5.91 Å². The van der Waals surface area contributed by atoms with Gasteiger partial charge in [-0.25, -0.2) is 0 Å². The van der Waals surface area contributed by atoms with E-state index in [-0.39, 0.29) is 6.04 Å². The van der Waals surface area contributed by atoms with Crippen molar-refractivity contribution in [3.8, 4) is 0 Å². The van der Waals surface area contributed by atoms with Crippen molar-refractivity contribution in [2.24, 2.45) is 11.5 Å². The van der Waals surface area contributed by atoms with Gasteiger partial charge in [0.1, 0.15) is 0 Å². The molecule has 1 fully saturated rings. The molecule has 1 aliphatic heterocycles. The number of hydrogen-bond donors (Lipinski definition) is 2. The number of hydrogen-bond acceptors (Lipinski definition) is 3. The second kappa shape index (κ2) is 3.31. The molecule has 1 heterocycles. The van der Waals surface area contributed by atoms with E-state index in [9.17, 15) is 4.79 Å². The van der Waals surface area contributed by atoms with Gasteiger partial charge in [0.05, 0.1) is 0 Å². The van der Waals surface area contributed by atoms with Crippen LogP contribution in [0.3, 0.4) is 0 Å². The monoisotopic (exact) mass is 191 g/mol. The van der Waals surface area contributed by atoms with Gasteiger partial charge in [-0.3, -0.25) is 4.79 Å². The minimum atomic E-state index is -0.392. The Hall–Kier alpha value is -1.55. The van der Waals surface area contributed by atoms with Crippen LogP contribution in [-0.2, 0) is 0 Å². The predicted octanol–water partition coefficient (Wildman–Crippen LogP) is -0.0672. The number of nitrogens with zero attached hydrogens (tertiary/aromatic N) is 1. The topological polar surface area (TPSA) is 72.4 Å². The molecule has 0 atom stereocenters. The Morgan fingerprint density at radius 2 is 1.86 bits per heavy atom. The lowest BCUT2D eigenvalue weighted by atomic mass is 10.1. The molecular weight excluding hydrogens is 178 g/mol. The maximum absolute atomic E-state index is 10.8. The fourth-order valence-corrected chi connectivity index (χ4v) is 1.56. The van der Waals surface area contributed by atoms with Crippen LogP contribution in [0.15, 0.2) is 24.3 Å². The van der Waals surface area contributed by atoms with Crippen molar-refractivity contribution >= 4 is 11.6 Å². The number of carbonyl (C=O) groups is 1. The van der Waals surface area contributed by atoms with Crippen LogP contribution in [0.25, 0.3) is 0 Å². The third-order valence-electron chi connectivity index (χ3n) is 2.43. The minimum Gasteiger partial charge on any atom is -0.368 e. The Balaban J connectivity index is 2.10. The van der Waals surface area contributed by atoms with Crippen LogP contribution in [0.4, 0.5) is 5.69 Å². The van der Waals surface area contributed by atoms with E-state index in [0.717, 1.165) is 18.8 Å². The highest BCUT2D eigenvalue weighted by Gasteiger charge is 2.22. The smallest absolute Gasteiger partial charge is 0.248 e. The van der Waals surface area contributed by atoms with Gasteiger partial charge in [-0.2, -0.15) is 0 Å². The van der Waals surface area contributed by atoms with Crippen LogP contribution in [0, 0.1) is 0 Å². The van der Waals surface area contributed by atoms with E-state index in [1.54, 1.807) is 12.1 Å². The highest BCUT2D eigenvalue weighted by atomic mass is 16.1. The number of nitrogens with two attached hydrogens (primary N) is 2. The highest BCUT2D eigenvalue weighted by molar-refractivity contribution is 5.93. The lowest BCUT2D eigenvalue weighted by molar-refractivity contribution is 0.100. The molecule has 0 aliphatic carbocycles. The first-order chi connectivity index (χ1) is 6.66. The van der Waals surface area contributed by atoms with Crippen LogP contribution in [0.5, 0.6) is 0 Å². The molecule has 74 valence electrons. The minimum absolute atomic E-state index is 0.283. The maximum atomic E-state index is 10.8. The molecule has 1 saturated heterocycles. The Morgan fingerprint density at radius 1 is 1.29 bits per heavy atom. The second-order valence-corrected chi connectivity index (χ2v) is 3.58.